The maximum Gasteiger partial charge on any atom is 0.210 e. The molecule has 0 atom stereocenters. The fourth-order valence-electron chi connectivity index (χ4n) is 1.93. The van der Waals surface area contributed by atoms with Gasteiger partial charge in [0.1, 0.15) is 5.01 Å². The highest BCUT2D eigenvalue weighted by atomic mass is 32.1. The lowest BCUT2D eigenvalue weighted by atomic mass is 10.1. The van der Waals surface area contributed by atoms with Gasteiger partial charge in [0.05, 0.1) is 0 Å². The molecule has 19 heavy (non-hydrogen) atoms. The van der Waals surface area contributed by atoms with Crippen molar-refractivity contribution in [2.45, 2.75) is 45.4 Å². The van der Waals surface area contributed by atoms with Crippen molar-refractivity contribution in [1.29, 1.82) is 0 Å². The molecule has 0 bridgehead atoms. The largest absolute Gasteiger partial charge is 0.330 e. The third-order valence-electron chi connectivity index (χ3n) is 2.99. The maximum absolute atomic E-state index is 4.24. The molecule has 2 rings (SSSR count). The van der Waals surface area contributed by atoms with Crippen LogP contribution in [0.15, 0.2) is 30.3 Å². The van der Waals surface area contributed by atoms with Gasteiger partial charge in [0.25, 0.3) is 0 Å². The minimum Gasteiger partial charge on any atom is -0.330 e. The molecule has 102 valence electrons. The molecule has 0 fully saturated rings. The molecule has 2 aromatic rings. The number of hydrogen-bond acceptors (Lipinski definition) is 4. The molecule has 4 heteroatoms. The van der Waals surface area contributed by atoms with E-state index in [9.17, 15) is 0 Å². The van der Waals surface area contributed by atoms with E-state index in [2.05, 4.69) is 22.4 Å². The second kappa shape index (κ2) is 7.89. The lowest BCUT2D eigenvalue weighted by Crippen LogP contribution is -1.88. The molecule has 0 saturated heterocycles. The number of unbranched alkanes of at least 4 members (excludes halogenated alkanes) is 4. The van der Waals surface area contributed by atoms with Crippen LogP contribution in [-0.4, -0.2) is 10.2 Å². The molecule has 0 radical (unpaired) electrons. The van der Waals surface area contributed by atoms with E-state index in [0.717, 1.165) is 22.2 Å². The number of nitrogens with one attached hydrogen (secondary N) is 1. The first kappa shape index (κ1) is 14.0. The lowest BCUT2D eigenvalue weighted by Gasteiger charge is -1.99. The van der Waals surface area contributed by atoms with Crippen LogP contribution in [0.4, 0.5) is 10.8 Å². The van der Waals surface area contributed by atoms with Crippen LogP contribution in [0.25, 0.3) is 0 Å². The van der Waals surface area contributed by atoms with Crippen LogP contribution >= 0.6 is 11.3 Å². The minimum atomic E-state index is 0.884. The Hall–Kier alpha value is -1.42. The predicted molar refractivity (Wildman–Crippen MR) is 82.1 cm³/mol. The fraction of sp³-hybridized carbons (Fsp3) is 0.467. The summed E-state index contributed by atoms with van der Waals surface area (Å²) in [5.41, 5.74) is 1.06. The standard InChI is InChI=1S/C15H21N3S/c1-2-3-4-5-9-12-14-17-18-15(19-14)16-13-10-7-6-8-11-13/h6-8,10-11H,2-5,9,12H2,1H3,(H,16,18). The van der Waals surface area contributed by atoms with Crippen LogP contribution in [-0.2, 0) is 6.42 Å². The molecule has 1 heterocycles. The zero-order valence-electron chi connectivity index (χ0n) is 11.4. The van der Waals surface area contributed by atoms with Crippen LogP contribution in [0.1, 0.15) is 44.0 Å². The van der Waals surface area contributed by atoms with Crippen molar-refractivity contribution in [3.63, 3.8) is 0 Å². The van der Waals surface area contributed by atoms with E-state index in [0.29, 0.717) is 0 Å². The van der Waals surface area contributed by atoms with Crippen molar-refractivity contribution >= 4 is 22.2 Å². The summed E-state index contributed by atoms with van der Waals surface area (Å²) in [6.45, 7) is 2.24. The highest BCUT2D eigenvalue weighted by Gasteiger charge is 2.04. The molecule has 0 amide bonds. The van der Waals surface area contributed by atoms with Crippen molar-refractivity contribution in [2.24, 2.45) is 0 Å². The normalized spacial score (nSPS) is 10.6. The van der Waals surface area contributed by atoms with Crippen LogP contribution < -0.4 is 5.32 Å². The van der Waals surface area contributed by atoms with Crippen LogP contribution in [0.2, 0.25) is 0 Å². The molecular formula is C15H21N3S. The minimum absolute atomic E-state index is 0.884. The van der Waals surface area contributed by atoms with Crippen LogP contribution in [0.5, 0.6) is 0 Å². The topological polar surface area (TPSA) is 37.8 Å². The fourth-order valence-corrected chi connectivity index (χ4v) is 2.73. The summed E-state index contributed by atoms with van der Waals surface area (Å²) in [4.78, 5) is 0. The first-order chi connectivity index (χ1) is 9.38. The van der Waals surface area contributed by atoms with Gasteiger partial charge in [0, 0.05) is 12.1 Å². The number of hydrogen-bond donors (Lipinski definition) is 1. The van der Waals surface area contributed by atoms with Crippen molar-refractivity contribution in [1.82, 2.24) is 10.2 Å². The summed E-state index contributed by atoms with van der Waals surface area (Å²) < 4.78 is 0. The van der Waals surface area contributed by atoms with Crippen LogP contribution in [0, 0.1) is 0 Å². The Kier molecular flexibility index (Phi) is 5.82. The molecule has 0 aliphatic carbocycles. The van der Waals surface area contributed by atoms with E-state index in [1.54, 1.807) is 11.3 Å². The van der Waals surface area contributed by atoms with E-state index >= 15 is 0 Å². The van der Waals surface area contributed by atoms with Gasteiger partial charge in [-0.15, -0.1) is 10.2 Å². The molecule has 3 nitrogen and oxygen atoms in total. The average molecular weight is 275 g/mol. The van der Waals surface area contributed by atoms with Gasteiger partial charge in [-0.05, 0) is 18.6 Å². The van der Waals surface area contributed by atoms with Gasteiger partial charge in [-0.25, -0.2) is 0 Å². The first-order valence-electron chi connectivity index (χ1n) is 7.03. The highest BCUT2D eigenvalue weighted by molar-refractivity contribution is 7.15. The zero-order chi connectivity index (χ0) is 13.3. The van der Waals surface area contributed by atoms with E-state index in [1.165, 1.54) is 32.1 Å². The van der Waals surface area contributed by atoms with Gasteiger partial charge in [-0.2, -0.15) is 0 Å². The molecular weight excluding hydrogens is 254 g/mol. The second-order valence-electron chi connectivity index (χ2n) is 4.66. The van der Waals surface area contributed by atoms with Crippen molar-refractivity contribution in [3.05, 3.63) is 35.3 Å². The number of benzene rings is 1. The summed E-state index contributed by atoms with van der Waals surface area (Å²) in [7, 11) is 0. The summed E-state index contributed by atoms with van der Waals surface area (Å²) >= 11 is 1.66. The van der Waals surface area contributed by atoms with E-state index in [4.69, 9.17) is 0 Å². The van der Waals surface area contributed by atoms with Gasteiger partial charge in [-0.3, -0.25) is 0 Å². The third kappa shape index (κ3) is 4.99. The van der Waals surface area contributed by atoms with Gasteiger partial charge >= 0.3 is 0 Å². The lowest BCUT2D eigenvalue weighted by molar-refractivity contribution is 0.630. The van der Waals surface area contributed by atoms with Crippen molar-refractivity contribution < 1.29 is 0 Å². The van der Waals surface area contributed by atoms with E-state index < -0.39 is 0 Å². The van der Waals surface area contributed by atoms with Gasteiger partial charge in [-0.1, -0.05) is 62.1 Å². The third-order valence-corrected chi connectivity index (χ3v) is 3.88. The maximum atomic E-state index is 4.24. The predicted octanol–water partition coefficient (Wildman–Crippen LogP) is 4.79. The molecule has 0 unspecified atom stereocenters. The number of anilines is 2. The summed E-state index contributed by atoms with van der Waals surface area (Å²) in [6.07, 6.45) is 7.55. The van der Waals surface area contributed by atoms with Crippen molar-refractivity contribution in [3.8, 4) is 0 Å². The number of aromatic nitrogens is 2. The zero-order valence-corrected chi connectivity index (χ0v) is 12.2. The van der Waals surface area contributed by atoms with E-state index in [-0.39, 0.29) is 0 Å². The quantitative estimate of drug-likeness (QED) is 0.703. The Morgan fingerprint density at radius 3 is 2.58 bits per heavy atom. The summed E-state index contributed by atoms with van der Waals surface area (Å²) in [5, 5.41) is 13.7. The number of para-hydroxylation sites is 1. The summed E-state index contributed by atoms with van der Waals surface area (Å²) in [5.74, 6) is 0. The molecule has 0 aliphatic heterocycles. The average Bonchev–Trinajstić information content (AvgIpc) is 2.87. The highest BCUT2D eigenvalue weighted by Crippen LogP contribution is 2.21. The van der Waals surface area contributed by atoms with Gasteiger partial charge in [0.15, 0.2) is 0 Å². The Morgan fingerprint density at radius 1 is 1.00 bits per heavy atom. The summed E-state index contributed by atoms with van der Waals surface area (Å²) in [6, 6.07) is 10.1. The van der Waals surface area contributed by atoms with Crippen molar-refractivity contribution in [2.75, 3.05) is 5.32 Å². The second-order valence-corrected chi connectivity index (χ2v) is 5.72. The van der Waals surface area contributed by atoms with E-state index in [1.807, 2.05) is 30.3 Å². The molecule has 0 spiro atoms. The molecule has 1 aromatic carbocycles. The molecule has 1 aromatic heterocycles. The number of nitrogens with zero attached hydrogens (tertiary/aromatic N) is 2. The van der Waals surface area contributed by atoms with Gasteiger partial charge in [0.2, 0.25) is 5.13 Å². The Balaban J connectivity index is 1.76. The first-order valence-corrected chi connectivity index (χ1v) is 7.84. The number of rotatable bonds is 8. The Morgan fingerprint density at radius 2 is 1.79 bits per heavy atom. The molecule has 0 saturated carbocycles. The molecule has 0 aliphatic rings. The van der Waals surface area contributed by atoms with Crippen LogP contribution in [0.3, 0.4) is 0 Å². The smallest absolute Gasteiger partial charge is 0.210 e. The monoisotopic (exact) mass is 275 g/mol. The SMILES string of the molecule is CCCCCCCc1nnc(Nc2ccccc2)s1. The van der Waals surface area contributed by atoms with Gasteiger partial charge < -0.3 is 5.32 Å². The Labute approximate surface area is 119 Å². The molecule has 1 N–H and O–H groups in total. The Bertz CT molecular complexity index is 467. The number of aryl methyl sites for hydroxylation is 1.